The minimum absolute atomic E-state index is 0.105. The van der Waals surface area contributed by atoms with Gasteiger partial charge in [-0.05, 0) is 19.8 Å². The molecule has 1 unspecified atom stereocenters. The molecule has 1 aromatic heterocycles. The largest absolute Gasteiger partial charge is 0.337 e. The van der Waals surface area contributed by atoms with E-state index in [1.165, 1.54) is 6.20 Å². The molecule has 1 aliphatic heterocycles. The van der Waals surface area contributed by atoms with Gasteiger partial charge in [-0.1, -0.05) is 0 Å². The first-order valence-corrected chi connectivity index (χ1v) is 8.02. The first kappa shape index (κ1) is 14.0. The van der Waals surface area contributed by atoms with Crippen LogP contribution in [0, 0.1) is 6.92 Å². The van der Waals surface area contributed by atoms with E-state index in [2.05, 4.69) is 14.9 Å². The average Bonchev–Trinajstić information content (AvgIpc) is 2.72. The smallest absolute Gasteiger partial charge is 0.257 e. The van der Waals surface area contributed by atoms with E-state index in [1.807, 2.05) is 0 Å². The average molecular weight is 286 g/mol. The van der Waals surface area contributed by atoms with Crippen molar-refractivity contribution < 1.29 is 13.2 Å². The van der Waals surface area contributed by atoms with Crippen molar-refractivity contribution in [1.82, 2.24) is 19.8 Å². The van der Waals surface area contributed by atoms with Gasteiger partial charge in [0.15, 0.2) is 0 Å². The second-order valence-electron chi connectivity index (χ2n) is 4.89. The van der Waals surface area contributed by atoms with Crippen LogP contribution in [-0.2, 0) is 10.0 Å². The summed E-state index contributed by atoms with van der Waals surface area (Å²) in [5.74, 6) is -0.105. The summed E-state index contributed by atoms with van der Waals surface area (Å²) in [6.07, 6.45) is 4.18. The highest BCUT2D eigenvalue weighted by molar-refractivity contribution is 7.88. The third-order valence-corrected chi connectivity index (χ3v) is 3.91. The zero-order valence-corrected chi connectivity index (χ0v) is 11.8. The number of H-pyrrole nitrogens is 1. The highest BCUT2D eigenvalue weighted by atomic mass is 32.2. The molecule has 1 aliphatic rings. The van der Waals surface area contributed by atoms with Crippen molar-refractivity contribution in [3.05, 3.63) is 17.5 Å². The van der Waals surface area contributed by atoms with E-state index in [0.717, 1.165) is 24.8 Å². The van der Waals surface area contributed by atoms with E-state index in [-0.39, 0.29) is 11.9 Å². The monoisotopic (exact) mass is 286 g/mol. The summed E-state index contributed by atoms with van der Waals surface area (Å²) in [5, 5.41) is 6.56. The van der Waals surface area contributed by atoms with E-state index < -0.39 is 10.0 Å². The molecular weight excluding hydrogens is 268 g/mol. The SMILES string of the molecule is Cc1[nH]ncc1C(=O)N1CCCC(NS(C)(=O)=O)C1. The normalized spacial score (nSPS) is 20.5. The highest BCUT2D eigenvalue weighted by Gasteiger charge is 2.27. The van der Waals surface area contributed by atoms with Crippen LogP contribution in [0.5, 0.6) is 0 Å². The van der Waals surface area contributed by atoms with Crippen molar-refractivity contribution >= 4 is 15.9 Å². The fourth-order valence-corrected chi connectivity index (χ4v) is 3.10. The molecule has 2 rings (SSSR count). The fourth-order valence-electron chi connectivity index (χ4n) is 2.30. The number of aryl methyl sites for hydroxylation is 1. The number of aromatic amines is 1. The number of rotatable bonds is 3. The minimum Gasteiger partial charge on any atom is -0.337 e. The van der Waals surface area contributed by atoms with Crippen molar-refractivity contribution in [1.29, 1.82) is 0 Å². The number of hydrogen-bond donors (Lipinski definition) is 2. The van der Waals surface area contributed by atoms with Gasteiger partial charge in [-0.2, -0.15) is 5.10 Å². The van der Waals surface area contributed by atoms with Gasteiger partial charge in [0.1, 0.15) is 0 Å². The summed E-state index contributed by atoms with van der Waals surface area (Å²) in [6, 6.07) is -0.208. The number of likely N-dealkylation sites (tertiary alicyclic amines) is 1. The second-order valence-corrected chi connectivity index (χ2v) is 6.67. The summed E-state index contributed by atoms with van der Waals surface area (Å²) in [6.45, 7) is 2.83. The first-order valence-electron chi connectivity index (χ1n) is 6.13. The van der Waals surface area contributed by atoms with E-state index in [9.17, 15) is 13.2 Å². The number of carbonyl (C=O) groups excluding carboxylic acids is 1. The molecule has 1 aromatic rings. The quantitative estimate of drug-likeness (QED) is 0.809. The van der Waals surface area contributed by atoms with Gasteiger partial charge in [0, 0.05) is 24.8 Å². The number of hydrogen-bond acceptors (Lipinski definition) is 4. The summed E-state index contributed by atoms with van der Waals surface area (Å²) in [4.78, 5) is 14.0. The third-order valence-electron chi connectivity index (χ3n) is 3.15. The lowest BCUT2D eigenvalue weighted by Crippen LogP contribution is -2.49. The van der Waals surface area contributed by atoms with Crippen LogP contribution in [0.15, 0.2) is 6.20 Å². The molecule has 8 heteroatoms. The van der Waals surface area contributed by atoms with E-state index in [0.29, 0.717) is 18.7 Å². The maximum absolute atomic E-state index is 12.3. The fraction of sp³-hybridized carbons (Fsp3) is 0.636. The van der Waals surface area contributed by atoms with Crippen molar-refractivity contribution in [3.63, 3.8) is 0 Å². The van der Waals surface area contributed by atoms with Crippen LogP contribution >= 0.6 is 0 Å². The molecule has 1 amide bonds. The van der Waals surface area contributed by atoms with Crippen LogP contribution < -0.4 is 4.72 Å². The van der Waals surface area contributed by atoms with Gasteiger partial charge in [-0.3, -0.25) is 9.89 Å². The molecule has 0 radical (unpaired) electrons. The number of nitrogens with zero attached hydrogens (tertiary/aromatic N) is 2. The van der Waals surface area contributed by atoms with Crippen LogP contribution in [0.1, 0.15) is 28.9 Å². The minimum atomic E-state index is -3.24. The van der Waals surface area contributed by atoms with Gasteiger partial charge in [-0.15, -0.1) is 0 Å². The standard InChI is InChI=1S/C11H18N4O3S/c1-8-10(6-12-13-8)11(16)15-5-3-4-9(7-15)14-19(2,17)18/h6,9,14H,3-5,7H2,1-2H3,(H,12,13). The lowest BCUT2D eigenvalue weighted by atomic mass is 10.1. The van der Waals surface area contributed by atoms with Crippen LogP contribution in [0.4, 0.5) is 0 Å². The molecule has 0 spiro atoms. The Morgan fingerprint density at radius 3 is 2.89 bits per heavy atom. The molecule has 19 heavy (non-hydrogen) atoms. The predicted octanol–water partition coefficient (Wildman–Crippen LogP) is -0.128. The molecule has 1 saturated heterocycles. The van der Waals surface area contributed by atoms with Gasteiger partial charge in [0.2, 0.25) is 10.0 Å². The van der Waals surface area contributed by atoms with Gasteiger partial charge in [0.25, 0.3) is 5.91 Å². The number of piperidine rings is 1. The van der Waals surface area contributed by atoms with E-state index >= 15 is 0 Å². The first-order chi connectivity index (χ1) is 8.87. The molecule has 2 N–H and O–H groups in total. The molecule has 0 bridgehead atoms. The topological polar surface area (TPSA) is 95.2 Å². The molecule has 0 saturated carbocycles. The molecule has 0 aliphatic carbocycles. The van der Waals surface area contributed by atoms with Crippen LogP contribution in [0.25, 0.3) is 0 Å². The predicted molar refractivity (Wildman–Crippen MR) is 70.2 cm³/mol. The zero-order valence-electron chi connectivity index (χ0n) is 11.0. The number of nitrogens with one attached hydrogen (secondary N) is 2. The Balaban J connectivity index is 2.05. The Morgan fingerprint density at radius 2 is 2.32 bits per heavy atom. The molecule has 106 valence electrons. The van der Waals surface area contributed by atoms with Crippen LogP contribution in [-0.4, -0.2) is 54.8 Å². The molecular formula is C11H18N4O3S. The summed E-state index contributed by atoms with van der Waals surface area (Å²) in [5.41, 5.74) is 1.27. The molecule has 2 heterocycles. The van der Waals surface area contributed by atoms with Gasteiger partial charge in [0.05, 0.1) is 18.0 Å². The summed E-state index contributed by atoms with van der Waals surface area (Å²) >= 11 is 0. The Labute approximate surface area is 112 Å². The maximum Gasteiger partial charge on any atom is 0.257 e. The van der Waals surface area contributed by atoms with E-state index in [4.69, 9.17) is 0 Å². The Morgan fingerprint density at radius 1 is 1.58 bits per heavy atom. The number of amides is 1. The van der Waals surface area contributed by atoms with Gasteiger partial charge in [-0.25, -0.2) is 13.1 Å². The van der Waals surface area contributed by atoms with Crippen molar-refractivity contribution in [2.75, 3.05) is 19.3 Å². The number of sulfonamides is 1. The van der Waals surface area contributed by atoms with Crippen LogP contribution in [0.3, 0.4) is 0 Å². The number of aromatic nitrogens is 2. The molecule has 0 aromatic carbocycles. The lowest BCUT2D eigenvalue weighted by Gasteiger charge is -2.32. The van der Waals surface area contributed by atoms with Crippen LogP contribution in [0.2, 0.25) is 0 Å². The molecule has 1 fully saturated rings. The van der Waals surface area contributed by atoms with E-state index in [1.54, 1.807) is 11.8 Å². The van der Waals surface area contributed by atoms with Gasteiger partial charge < -0.3 is 4.90 Å². The summed E-state index contributed by atoms with van der Waals surface area (Å²) in [7, 11) is -3.24. The Kier molecular flexibility index (Phi) is 3.91. The second kappa shape index (κ2) is 5.30. The summed E-state index contributed by atoms with van der Waals surface area (Å²) < 4.78 is 25.0. The molecule has 1 atom stereocenters. The maximum atomic E-state index is 12.3. The lowest BCUT2D eigenvalue weighted by molar-refractivity contribution is 0.0702. The third kappa shape index (κ3) is 3.54. The van der Waals surface area contributed by atoms with Crippen molar-refractivity contribution in [3.8, 4) is 0 Å². The Hall–Kier alpha value is -1.41. The Bertz CT molecular complexity index is 566. The number of carbonyl (C=O) groups is 1. The van der Waals surface area contributed by atoms with Crippen molar-refractivity contribution in [2.45, 2.75) is 25.8 Å². The van der Waals surface area contributed by atoms with Gasteiger partial charge >= 0.3 is 0 Å². The van der Waals surface area contributed by atoms with Crippen molar-refractivity contribution in [2.24, 2.45) is 0 Å². The molecule has 7 nitrogen and oxygen atoms in total. The highest BCUT2D eigenvalue weighted by Crippen LogP contribution is 2.15. The zero-order chi connectivity index (χ0) is 14.0.